The number of rotatable bonds is 2. The Labute approximate surface area is 112 Å². The first kappa shape index (κ1) is 11.9. The summed E-state index contributed by atoms with van der Waals surface area (Å²) in [6.07, 6.45) is 1.69. The highest BCUT2D eigenvalue weighted by molar-refractivity contribution is 9.10. The van der Waals surface area contributed by atoms with Crippen LogP contribution in [0, 0.1) is 13.8 Å². The zero-order valence-electron chi connectivity index (χ0n) is 9.13. The van der Waals surface area contributed by atoms with Gasteiger partial charge in [-0.1, -0.05) is 34.1 Å². The SMILES string of the molecule is Cc1ccc(C(Br)c2ccoc2Br)cc1C. The van der Waals surface area contributed by atoms with Gasteiger partial charge in [-0.2, -0.15) is 0 Å². The first-order valence-electron chi connectivity index (χ1n) is 5.03. The van der Waals surface area contributed by atoms with Crippen LogP contribution in [0.15, 0.2) is 39.6 Å². The van der Waals surface area contributed by atoms with Crippen LogP contribution in [-0.2, 0) is 0 Å². The lowest BCUT2D eigenvalue weighted by molar-refractivity contribution is 0.537. The second-order valence-corrected chi connectivity index (χ2v) is 5.49. The van der Waals surface area contributed by atoms with Gasteiger partial charge in [0.05, 0.1) is 11.1 Å². The molecule has 0 fully saturated rings. The van der Waals surface area contributed by atoms with E-state index < -0.39 is 0 Å². The van der Waals surface area contributed by atoms with Crippen molar-refractivity contribution < 1.29 is 4.42 Å². The topological polar surface area (TPSA) is 13.1 Å². The highest BCUT2D eigenvalue weighted by Crippen LogP contribution is 2.36. The van der Waals surface area contributed by atoms with Crippen LogP contribution in [0.3, 0.4) is 0 Å². The standard InChI is InChI=1S/C13H12Br2O/c1-8-3-4-10(7-9(8)2)12(14)11-5-6-16-13(11)15/h3-7,12H,1-2H3. The Kier molecular flexibility index (Phi) is 3.55. The predicted octanol–water partition coefficient (Wildman–Crippen LogP) is 5.14. The van der Waals surface area contributed by atoms with Gasteiger partial charge >= 0.3 is 0 Å². The summed E-state index contributed by atoms with van der Waals surface area (Å²) < 4.78 is 6.03. The number of benzene rings is 1. The molecular formula is C13H12Br2O. The van der Waals surface area contributed by atoms with E-state index in [-0.39, 0.29) is 4.83 Å². The highest BCUT2D eigenvalue weighted by Gasteiger charge is 2.15. The molecule has 0 aliphatic heterocycles. The molecule has 0 amide bonds. The minimum absolute atomic E-state index is 0.167. The molecule has 0 spiro atoms. The molecule has 1 unspecified atom stereocenters. The summed E-state index contributed by atoms with van der Waals surface area (Å²) in [6, 6.07) is 8.46. The highest BCUT2D eigenvalue weighted by atomic mass is 79.9. The van der Waals surface area contributed by atoms with Crippen molar-refractivity contribution in [1.29, 1.82) is 0 Å². The first-order chi connectivity index (χ1) is 7.59. The Morgan fingerprint density at radius 3 is 2.44 bits per heavy atom. The van der Waals surface area contributed by atoms with Crippen LogP contribution in [0.2, 0.25) is 0 Å². The zero-order valence-corrected chi connectivity index (χ0v) is 12.3. The molecule has 0 bridgehead atoms. The van der Waals surface area contributed by atoms with Crippen molar-refractivity contribution in [3.63, 3.8) is 0 Å². The number of hydrogen-bond acceptors (Lipinski definition) is 1. The molecule has 1 aromatic heterocycles. The number of halogens is 2. The molecule has 3 heteroatoms. The van der Waals surface area contributed by atoms with Gasteiger partial charge in [-0.15, -0.1) is 0 Å². The molecule has 0 aliphatic rings. The predicted molar refractivity (Wildman–Crippen MR) is 73.1 cm³/mol. The van der Waals surface area contributed by atoms with Gasteiger partial charge in [0.1, 0.15) is 0 Å². The molecule has 1 heterocycles. The van der Waals surface area contributed by atoms with Gasteiger partial charge in [0, 0.05) is 5.56 Å². The Hall–Kier alpha value is -0.540. The molecule has 0 radical (unpaired) electrons. The Bertz CT molecular complexity index is 502. The summed E-state index contributed by atoms with van der Waals surface area (Å²) in [5.41, 5.74) is 4.98. The van der Waals surface area contributed by atoms with Crippen LogP contribution < -0.4 is 0 Å². The monoisotopic (exact) mass is 342 g/mol. The molecule has 0 N–H and O–H groups in total. The number of furan rings is 1. The smallest absolute Gasteiger partial charge is 0.173 e. The molecular weight excluding hydrogens is 332 g/mol. The van der Waals surface area contributed by atoms with Crippen LogP contribution in [0.1, 0.15) is 27.1 Å². The van der Waals surface area contributed by atoms with Gasteiger partial charge in [0.25, 0.3) is 0 Å². The van der Waals surface area contributed by atoms with Crippen LogP contribution in [0.5, 0.6) is 0 Å². The van der Waals surface area contributed by atoms with E-state index in [9.17, 15) is 0 Å². The van der Waals surface area contributed by atoms with E-state index in [0.717, 1.165) is 10.2 Å². The summed E-state index contributed by atoms with van der Waals surface area (Å²) in [7, 11) is 0. The third-order valence-electron chi connectivity index (χ3n) is 2.74. The van der Waals surface area contributed by atoms with Crippen LogP contribution in [0.25, 0.3) is 0 Å². The van der Waals surface area contributed by atoms with Crippen molar-refractivity contribution >= 4 is 31.9 Å². The molecule has 16 heavy (non-hydrogen) atoms. The fraction of sp³-hybridized carbons (Fsp3) is 0.231. The summed E-state index contributed by atoms with van der Waals surface area (Å²) in [5.74, 6) is 0. The van der Waals surface area contributed by atoms with Crippen molar-refractivity contribution in [3.8, 4) is 0 Å². The minimum Gasteiger partial charge on any atom is -0.457 e. The maximum absolute atomic E-state index is 5.25. The lowest BCUT2D eigenvalue weighted by Gasteiger charge is -2.11. The fourth-order valence-corrected chi connectivity index (χ4v) is 3.01. The van der Waals surface area contributed by atoms with Crippen LogP contribution >= 0.6 is 31.9 Å². The summed E-state index contributed by atoms with van der Waals surface area (Å²) in [5, 5.41) is 0. The molecule has 0 aliphatic carbocycles. The molecule has 2 aromatic rings. The van der Waals surface area contributed by atoms with Gasteiger partial charge in [-0.3, -0.25) is 0 Å². The molecule has 0 saturated carbocycles. The second kappa shape index (κ2) is 4.76. The normalized spacial score (nSPS) is 12.8. The van der Waals surface area contributed by atoms with E-state index in [1.807, 2.05) is 6.07 Å². The number of hydrogen-bond donors (Lipinski definition) is 0. The lowest BCUT2D eigenvalue weighted by atomic mass is 10.0. The maximum Gasteiger partial charge on any atom is 0.173 e. The van der Waals surface area contributed by atoms with Crippen LogP contribution in [0.4, 0.5) is 0 Å². The Balaban J connectivity index is 2.38. The molecule has 84 valence electrons. The first-order valence-corrected chi connectivity index (χ1v) is 6.74. The Morgan fingerprint density at radius 1 is 1.12 bits per heavy atom. The zero-order chi connectivity index (χ0) is 11.7. The van der Waals surface area contributed by atoms with E-state index >= 15 is 0 Å². The van der Waals surface area contributed by atoms with Gasteiger partial charge < -0.3 is 4.42 Å². The van der Waals surface area contributed by atoms with Crippen molar-refractivity contribution in [3.05, 3.63) is 57.5 Å². The average molecular weight is 344 g/mol. The summed E-state index contributed by atoms with van der Waals surface area (Å²) >= 11 is 7.09. The maximum atomic E-state index is 5.25. The third-order valence-corrected chi connectivity index (χ3v) is 4.41. The van der Waals surface area contributed by atoms with Gasteiger partial charge in [0.2, 0.25) is 0 Å². The van der Waals surface area contributed by atoms with E-state index in [1.165, 1.54) is 16.7 Å². The molecule has 1 aromatic carbocycles. The van der Waals surface area contributed by atoms with E-state index in [4.69, 9.17) is 4.42 Å². The molecule has 0 saturated heterocycles. The number of aryl methyl sites for hydroxylation is 2. The minimum atomic E-state index is 0.167. The van der Waals surface area contributed by atoms with E-state index in [0.29, 0.717) is 0 Å². The molecule has 2 rings (SSSR count). The Morgan fingerprint density at radius 2 is 1.88 bits per heavy atom. The van der Waals surface area contributed by atoms with Crippen molar-refractivity contribution in [2.75, 3.05) is 0 Å². The quantitative estimate of drug-likeness (QED) is 0.688. The lowest BCUT2D eigenvalue weighted by Crippen LogP contribution is -1.93. The van der Waals surface area contributed by atoms with Crippen molar-refractivity contribution in [2.45, 2.75) is 18.7 Å². The van der Waals surface area contributed by atoms with E-state index in [1.54, 1.807) is 6.26 Å². The largest absolute Gasteiger partial charge is 0.457 e. The molecule has 1 atom stereocenters. The summed E-state index contributed by atoms with van der Waals surface area (Å²) in [4.78, 5) is 0.167. The number of alkyl halides is 1. The van der Waals surface area contributed by atoms with Gasteiger partial charge in [-0.25, -0.2) is 0 Å². The van der Waals surface area contributed by atoms with E-state index in [2.05, 4.69) is 63.9 Å². The molecule has 1 nitrogen and oxygen atoms in total. The van der Waals surface area contributed by atoms with Crippen LogP contribution in [-0.4, -0.2) is 0 Å². The average Bonchev–Trinajstić information content (AvgIpc) is 2.67. The van der Waals surface area contributed by atoms with Crippen molar-refractivity contribution in [2.24, 2.45) is 0 Å². The van der Waals surface area contributed by atoms with Gasteiger partial charge in [0.15, 0.2) is 4.67 Å². The van der Waals surface area contributed by atoms with Crippen molar-refractivity contribution in [1.82, 2.24) is 0 Å². The summed E-state index contributed by atoms with van der Waals surface area (Å²) in [6.45, 7) is 4.25. The third kappa shape index (κ3) is 2.25. The fourth-order valence-electron chi connectivity index (χ4n) is 1.59. The second-order valence-electron chi connectivity index (χ2n) is 3.86. The van der Waals surface area contributed by atoms with Gasteiger partial charge in [-0.05, 0) is 52.5 Å².